The fraction of sp³-hybridized carbons (Fsp3) is 0.429. The number of piperazine rings is 1. The SMILES string of the molecule is C=Cc1cnc(Nc2cc(C)c(N3CCC(N4CCN(C)CC4)CC3)cc2OC)nc1Nc1ccc2nccnc2c1S(=O)(=O)C(C)C. The molecule has 2 aliphatic heterocycles. The van der Waals surface area contributed by atoms with E-state index < -0.39 is 15.1 Å². The highest BCUT2D eigenvalue weighted by atomic mass is 32.2. The zero-order chi connectivity index (χ0) is 34.0. The number of benzene rings is 2. The average Bonchev–Trinajstić information content (AvgIpc) is 3.09. The molecule has 0 aliphatic carbocycles. The van der Waals surface area contributed by atoms with Crippen molar-refractivity contribution in [3.05, 3.63) is 60.6 Å². The second kappa shape index (κ2) is 14.0. The first-order valence-corrected chi connectivity index (χ1v) is 18.0. The molecule has 0 saturated carbocycles. The number of ether oxygens (including phenoxy) is 1. The van der Waals surface area contributed by atoms with Crippen LogP contribution < -0.4 is 20.3 Å². The number of hydrogen-bond acceptors (Lipinski definition) is 12. The van der Waals surface area contributed by atoms with Gasteiger partial charge in [0.25, 0.3) is 0 Å². The van der Waals surface area contributed by atoms with Crippen molar-refractivity contribution in [2.75, 3.05) is 69.0 Å². The number of rotatable bonds is 10. The minimum absolute atomic E-state index is 0.0756. The summed E-state index contributed by atoms with van der Waals surface area (Å²) in [5, 5.41) is 5.89. The van der Waals surface area contributed by atoms with Gasteiger partial charge in [-0.25, -0.2) is 13.4 Å². The Morgan fingerprint density at radius 2 is 1.71 bits per heavy atom. The Kier molecular flexibility index (Phi) is 9.81. The van der Waals surface area contributed by atoms with Gasteiger partial charge in [0.2, 0.25) is 5.95 Å². The van der Waals surface area contributed by atoms with Gasteiger partial charge in [-0.15, -0.1) is 0 Å². The van der Waals surface area contributed by atoms with Gasteiger partial charge in [0.05, 0.1) is 29.3 Å². The molecule has 0 atom stereocenters. The summed E-state index contributed by atoms with van der Waals surface area (Å²) < 4.78 is 33.0. The van der Waals surface area contributed by atoms with Crippen LogP contribution in [0, 0.1) is 6.92 Å². The molecular weight excluding hydrogens is 627 g/mol. The molecule has 2 aromatic heterocycles. The van der Waals surface area contributed by atoms with Crippen molar-refractivity contribution >= 4 is 55.8 Å². The predicted octanol–water partition coefficient (Wildman–Crippen LogP) is 5.27. The zero-order valence-electron chi connectivity index (χ0n) is 28.4. The Labute approximate surface area is 283 Å². The van der Waals surface area contributed by atoms with Gasteiger partial charge in [0.15, 0.2) is 9.84 Å². The van der Waals surface area contributed by atoms with E-state index >= 15 is 0 Å². The molecule has 2 aromatic carbocycles. The quantitative estimate of drug-likeness (QED) is 0.228. The fourth-order valence-corrected chi connectivity index (χ4v) is 7.85. The summed E-state index contributed by atoms with van der Waals surface area (Å²) in [5.41, 5.74) is 4.75. The Morgan fingerprint density at radius 3 is 2.40 bits per heavy atom. The lowest BCUT2D eigenvalue weighted by atomic mass is 10.0. The molecule has 0 bridgehead atoms. The topological polar surface area (TPSA) is 129 Å². The second-order valence-corrected chi connectivity index (χ2v) is 15.2. The van der Waals surface area contributed by atoms with Gasteiger partial charge in [0.1, 0.15) is 22.0 Å². The van der Waals surface area contributed by atoms with Crippen LogP contribution in [0.1, 0.15) is 37.8 Å². The molecule has 4 heterocycles. The highest BCUT2D eigenvalue weighted by Gasteiger charge is 2.29. The van der Waals surface area contributed by atoms with Crippen molar-refractivity contribution in [3.63, 3.8) is 0 Å². The molecule has 0 unspecified atom stereocenters. The molecular formula is C35H45N9O3S. The van der Waals surface area contributed by atoms with Gasteiger partial charge in [-0.05, 0) is 64.4 Å². The number of aromatic nitrogens is 4. The molecule has 2 N–H and O–H groups in total. The number of sulfone groups is 1. The van der Waals surface area contributed by atoms with Crippen LogP contribution in [-0.2, 0) is 9.84 Å². The summed E-state index contributed by atoms with van der Waals surface area (Å²) >= 11 is 0. The molecule has 13 heteroatoms. The highest BCUT2D eigenvalue weighted by Crippen LogP contribution is 2.37. The van der Waals surface area contributed by atoms with Crippen molar-refractivity contribution in [2.24, 2.45) is 0 Å². The van der Waals surface area contributed by atoms with Crippen molar-refractivity contribution in [3.8, 4) is 5.75 Å². The summed E-state index contributed by atoms with van der Waals surface area (Å²) in [6.45, 7) is 15.9. The largest absolute Gasteiger partial charge is 0.494 e. The number of anilines is 5. The Hall–Kier alpha value is -4.33. The van der Waals surface area contributed by atoms with Crippen LogP contribution in [0.15, 0.2) is 54.3 Å². The molecule has 0 spiro atoms. The van der Waals surface area contributed by atoms with Crippen LogP contribution in [0.2, 0.25) is 0 Å². The van der Waals surface area contributed by atoms with Crippen LogP contribution >= 0.6 is 0 Å². The van der Waals surface area contributed by atoms with E-state index in [-0.39, 0.29) is 4.90 Å². The second-order valence-electron chi connectivity index (χ2n) is 12.8. The van der Waals surface area contributed by atoms with E-state index in [1.54, 1.807) is 51.6 Å². The number of aryl methyl sites for hydroxylation is 1. The number of fused-ring (bicyclic) bond motifs is 1. The van der Waals surface area contributed by atoms with Gasteiger partial charge < -0.3 is 25.2 Å². The first-order chi connectivity index (χ1) is 23.1. The lowest BCUT2D eigenvalue weighted by molar-refractivity contribution is 0.0982. The maximum atomic E-state index is 13.6. The smallest absolute Gasteiger partial charge is 0.229 e. The van der Waals surface area contributed by atoms with Gasteiger partial charge in [-0.3, -0.25) is 14.9 Å². The van der Waals surface area contributed by atoms with Crippen molar-refractivity contribution in [2.45, 2.75) is 49.8 Å². The standard InChI is InChI=1S/C35H45N9O3S/c1-7-25-22-38-35(41-34(25)39-28-9-8-27-32(37-13-12-36-27)33(28)48(45,46)23(2)3)40-29-20-24(4)30(21-31(29)47-6)44-14-10-26(11-15-44)43-18-16-42(5)17-19-43/h7-9,12-13,20-23,26H,1,10-11,14-19H2,2-6H3,(H2,38,39,40,41). The van der Waals surface area contributed by atoms with Gasteiger partial charge in [-0.1, -0.05) is 12.7 Å². The van der Waals surface area contributed by atoms with Crippen molar-refractivity contribution < 1.29 is 13.2 Å². The Morgan fingerprint density at radius 1 is 0.979 bits per heavy atom. The van der Waals surface area contributed by atoms with E-state index in [9.17, 15) is 8.42 Å². The summed E-state index contributed by atoms with van der Waals surface area (Å²) in [4.78, 5) is 25.6. The van der Waals surface area contributed by atoms with E-state index in [1.807, 2.05) is 0 Å². The summed E-state index contributed by atoms with van der Waals surface area (Å²) in [7, 11) is 0.116. The van der Waals surface area contributed by atoms with E-state index in [0.29, 0.717) is 45.8 Å². The molecule has 2 fully saturated rings. The van der Waals surface area contributed by atoms with Crippen molar-refractivity contribution in [1.29, 1.82) is 0 Å². The lowest BCUT2D eigenvalue weighted by Crippen LogP contribution is -2.52. The first kappa shape index (κ1) is 33.6. The fourth-order valence-electron chi connectivity index (χ4n) is 6.53. The number of piperidine rings is 1. The number of likely N-dealkylation sites (N-methyl/N-ethyl adjacent to an activating group) is 1. The first-order valence-electron chi connectivity index (χ1n) is 16.5. The third kappa shape index (κ3) is 6.80. The number of methoxy groups -OCH3 is 1. The number of hydrogen-bond donors (Lipinski definition) is 2. The molecule has 0 amide bonds. The molecule has 6 rings (SSSR count). The lowest BCUT2D eigenvalue weighted by Gasteiger charge is -2.43. The third-order valence-corrected chi connectivity index (χ3v) is 11.6. The molecule has 12 nitrogen and oxygen atoms in total. The molecule has 2 saturated heterocycles. The zero-order valence-corrected chi connectivity index (χ0v) is 29.2. The van der Waals surface area contributed by atoms with Crippen LogP contribution in [-0.4, -0.2) is 103 Å². The van der Waals surface area contributed by atoms with Crippen LogP contribution in [0.5, 0.6) is 5.75 Å². The molecule has 0 radical (unpaired) electrons. The normalized spacial score (nSPS) is 16.8. The predicted molar refractivity (Wildman–Crippen MR) is 193 cm³/mol. The van der Waals surface area contributed by atoms with Gasteiger partial charge >= 0.3 is 0 Å². The Balaban J connectivity index is 1.25. The van der Waals surface area contributed by atoms with Crippen LogP contribution in [0.25, 0.3) is 17.1 Å². The van der Waals surface area contributed by atoms with Crippen LogP contribution in [0.4, 0.5) is 28.8 Å². The maximum absolute atomic E-state index is 13.6. The number of nitrogens with zero attached hydrogens (tertiary/aromatic N) is 7. The van der Waals surface area contributed by atoms with Gasteiger partial charge in [0, 0.05) is 81.2 Å². The van der Waals surface area contributed by atoms with Crippen LogP contribution in [0.3, 0.4) is 0 Å². The highest BCUT2D eigenvalue weighted by molar-refractivity contribution is 7.92. The molecule has 48 heavy (non-hydrogen) atoms. The van der Waals surface area contributed by atoms with E-state index in [0.717, 1.165) is 69.0 Å². The van der Waals surface area contributed by atoms with Crippen molar-refractivity contribution in [1.82, 2.24) is 29.7 Å². The van der Waals surface area contributed by atoms with Gasteiger partial charge in [-0.2, -0.15) is 4.98 Å². The monoisotopic (exact) mass is 671 g/mol. The minimum Gasteiger partial charge on any atom is -0.494 e. The van der Waals surface area contributed by atoms with E-state index in [1.165, 1.54) is 6.20 Å². The summed E-state index contributed by atoms with van der Waals surface area (Å²) in [5.74, 6) is 1.39. The van der Waals surface area contributed by atoms with E-state index in [2.05, 4.69) is 73.0 Å². The summed E-state index contributed by atoms with van der Waals surface area (Å²) in [6, 6.07) is 8.22. The van der Waals surface area contributed by atoms with E-state index in [4.69, 9.17) is 9.72 Å². The third-order valence-electron chi connectivity index (χ3n) is 9.41. The number of nitrogens with one attached hydrogen (secondary N) is 2. The molecule has 4 aromatic rings. The Bertz CT molecular complexity index is 1900. The molecule has 254 valence electrons. The average molecular weight is 672 g/mol. The minimum atomic E-state index is -3.75. The molecule has 2 aliphatic rings. The maximum Gasteiger partial charge on any atom is 0.229 e. The summed E-state index contributed by atoms with van der Waals surface area (Å²) in [6.07, 6.45) is 8.59.